The maximum Gasteiger partial charge on any atom is 0.0385 e. The third kappa shape index (κ3) is 2.27. The van der Waals surface area contributed by atoms with E-state index in [2.05, 4.69) is 16.8 Å². The average molecular weight is 291 g/mol. The van der Waals surface area contributed by atoms with E-state index in [-0.39, 0.29) is 0 Å². The molecule has 0 spiro atoms. The van der Waals surface area contributed by atoms with E-state index in [1.165, 1.54) is 71.1 Å². The molecule has 5 fully saturated rings. The Bertz CT molecular complexity index is 347. The fraction of sp³-hybridized carbons (Fsp3) is 1.00. The molecule has 1 heterocycles. The van der Waals surface area contributed by atoms with Crippen LogP contribution in [0.15, 0.2) is 0 Å². The molecule has 120 valence electrons. The van der Waals surface area contributed by atoms with Crippen molar-refractivity contribution in [3.63, 3.8) is 0 Å². The van der Waals surface area contributed by atoms with Gasteiger partial charge in [-0.05, 0) is 88.8 Å². The first kappa shape index (κ1) is 14.5. The van der Waals surface area contributed by atoms with Crippen LogP contribution in [0.5, 0.6) is 0 Å². The van der Waals surface area contributed by atoms with Crippen molar-refractivity contribution in [3.05, 3.63) is 0 Å². The first-order valence-electron chi connectivity index (χ1n) is 9.36. The molecule has 0 unspecified atom stereocenters. The second kappa shape index (κ2) is 5.50. The number of nitrogens with zero attached hydrogens (tertiary/aromatic N) is 2. The second-order valence-electron chi connectivity index (χ2n) is 8.47. The first-order valence-corrected chi connectivity index (χ1v) is 9.36. The van der Waals surface area contributed by atoms with Crippen LogP contribution < -0.4 is 5.73 Å². The van der Waals surface area contributed by atoms with Crippen molar-refractivity contribution in [2.45, 2.75) is 50.5 Å². The van der Waals surface area contributed by atoms with Crippen molar-refractivity contribution in [2.24, 2.45) is 29.4 Å². The predicted molar refractivity (Wildman–Crippen MR) is 87.1 cm³/mol. The molecule has 5 rings (SSSR count). The zero-order valence-corrected chi connectivity index (χ0v) is 13.8. The van der Waals surface area contributed by atoms with Crippen molar-refractivity contribution in [1.82, 2.24) is 9.80 Å². The number of rotatable bonds is 5. The molecule has 0 amide bonds. The van der Waals surface area contributed by atoms with Crippen LogP contribution >= 0.6 is 0 Å². The summed E-state index contributed by atoms with van der Waals surface area (Å²) in [5.41, 5.74) is 6.76. The summed E-state index contributed by atoms with van der Waals surface area (Å²) in [4.78, 5) is 5.36. The maximum absolute atomic E-state index is 6.42. The summed E-state index contributed by atoms with van der Waals surface area (Å²) in [6.45, 7) is 6.00. The Morgan fingerprint density at radius 2 is 1.57 bits per heavy atom. The van der Waals surface area contributed by atoms with Gasteiger partial charge >= 0.3 is 0 Å². The summed E-state index contributed by atoms with van der Waals surface area (Å²) in [7, 11) is 2.38. The van der Waals surface area contributed by atoms with Gasteiger partial charge in [0.2, 0.25) is 0 Å². The summed E-state index contributed by atoms with van der Waals surface area (Å²) in [5.74, 6) is 3.86. The van der Waals surface area contributed by atoms with Crippen LogP contribution in [-0.2, 0) is 0 Å². The second-order valence-corrected chi connectivity index (χ2v) is 8.47. The summed E-state index contributed by atoms with van der Waals surface area (Å²) in [5, 5.41) is 0. The topological polar surface area (TPSA) is 32.5 Å². The molecule has 0 aromatic rings. The smallest absolute Gasteiger partial charge is 0.0385 e. The van der Waals surface area contributed by atoms with Gasteiger partial charge in [-0.25, -0.2) is 0 Å². The molecule has 0 atom stereocenters. The molecule has 2 N–H and O–H groups in total. The van der Waals surface area contributed by atoms with Crippen molar-refractivity contribution >= 4 is 0 Å². The molecule has 0 aromatic heterocycles. The molecule has 4 saturated carbocycles. The molecule has 5 aliphatic rings. The zero-order valence-electron chi connectivity index (χ0n) is 13.8. The highest BCUT2D eigenvalue weighted by Crippen LogP contribution is 2.59. The standard InChI is InChI=1S/C18H33N3/c1-20(6-7-21-4-2-3-5-21)18(13-19)16-9-14-8-15(11-16)12-17(18)10-14/h14-17H,2-13,19H2,1H3. The van der Waals surface area contributed by atoms with Gasteiger partial charge in [-0.15, -0.1) is 0 Å². The van der Waals surface area contributed by atoms with Gasteiger partial charge in [0.1, 0.15) is 0 Å². The van der Waals surface area contributed by atoms with Gasteiger partial charge in [0.25, 0.3) is 0 Å². The van der Waals surface area contributed by atoms with Gasteiger partial charge in [-0.1, -0.05) is 0 Å². The highest BCUT2D eigenvalue weighted by Gasteiger charge is 2.58. The summed E-state index contributed by atoms with van der Waals surface area (Å²) in [6.07, 6.45) is 10.2. The van der Waals surface area contributed by atoms with Crippen LogP contribution in [0.3, 0.4) is 0 Å². The Morgan fingerprint density at radius 3 is 2.10 bits per heavy atom. The van der Waals surface area contributed by atoms with E-state index < -0.39 is 0 Å². The average Bonchev–Trinajstić information content (AvgIpc) is 2.98. The fourth-order valence-corrected chi connectivity index (χ4v) is 6.62. The normalized spacial score (nSPS) is 45.9. The van der Waals surface area contributed by atoms with Gasteiger partial charge in [-0.2, -0.15) is 0 Å². The fourth-order valence-electron chi connectivity index (χ4n) is 6.62. The van der Waals surface area contributed by atoms with Crippen molar-refractivity contribution in [2.75, 3.05) is 39.8 Å². The lowest BCUT2D eigenvalue weighted by Gasteiger charge is -2.64. The van der Waals surface area contributed by atoms with Crippen LogP contribution in [0.1, 0.15) is 44.9 Å². The van der Waals surface area contributed by atoms with E-state index in [1.807, 2.05) is 0 Å². The molecular weight excluding hydrogens is 258 g/mol. The van der Waals surface area contributed by atoms with Gasteiger partial charge < -0.3 is 10.6 Å². The molecule has 0 aromatic carbocycles. The zero-order chi connectivity index (χ0) is 14.4. The van der Waals surface area contributed by atoms with Crippen molar-refractivity contribution in [3.8, 4) is 0 Å². The molecule has 0 radical (unpaired) electrons. The lowest BCUT2D eigenvalue weighted by Crippen LogP contribution is -2.69. The summed E-state index contributed by atoms with van der Waals surface area (Å²) >= 11 is 0. The minimum Gasteiger partial charge on any atom is -0.329 e. The molecule has 1 aliphatic heterocycles. The minimum absolute atomic E-state index is 0.340. The van der Waals surface area contributed by atoms with E-state index in [0.29, 0.717) is 5.54 Å². The van der Waals surface area contributed by atoms with Crippen molar-refractivity contribution in [1.29, 1.82) is 0 Å². The van der Waals surface area contributed by atoms with Crippen molar-refractivity contribution < 1.29 is 0 Å². The number of likely N-dealkylation sites (tertiary alicyclic amines) is 1. The van der Waals surface area contributed by atoms with Gasteiger partial charge in [-0.3, -0.25) is 4.90 Å². The molecule has 3 nitrogen and oxygen atoms in total. The lowest BCUT2D eigenvalue weighted by atomic mass is 9.48. The van der Waals surface area contributed by atoms with E-state index >= 15 is 0 Å². The van der Waals surface area contributed by atoms with Gasteiger partial charge in [0, 0.05) is 25.2 Å². The Hall–Kier alpha value is -0.120. The van der Waals surface area contributed by atoms with Gasteiger partial charge in [0.15, 0.2) is 0 Å². The largest absolute Gasteiger partial charge is 0.329 e. The van der Waals surface area contributed by atoms with Crippen LogP contribution in [0.4, 0.5) is 0 Å². The number of hydrogen-bond donors (Lipinski definition) is 1. The maximum atomic E-state index is 6.42. The quantitative estimate of drug-likeness (QED) is 0.842. The van der Waals surface area contributed by atoms with E-state index in [0.717, 1.165) is 30.2 Å². The molecule has 1 saturated heterocycles. The molecular formula is C18H33N3. The van der Waals surface area contributed by atoms with E-state index in [1.54, 1.807) is 0 Å². The predicted octanol–water partition coefficient (Wildman–Crippen LogP) is 2.17. The lowest BCUT2D eigenvalue weighted by molar-refractivity contribution is -0.124. The number of nitrogens with two attached hydrogens (primary N) is 1. The summed E-state index contributed by atoms with van der Waals surface area (Å²) in [6, 6.07) is 0. The number of hydrogen-bond acceptors (Lipinski definition) is 3. The highest BCUT2D eigenvalue weighted by atomic mass is 15.2. The Balaban J connectivity index is 1.47. The molecule has 4 aliphatic carbocycles. The highest BCUT2D eigenvalue weighted by molar-refractivity contribution is 5.12. The van der Waals surface area contributed by atoms with Crippen LogP contribution in [0.2, 0.25) is 0 Å². The Labute approximate surface area is 130 Å². The van der Waals surface area contributed by atoms with Crippen LogP contribution in [-0.4, -0.2) is 55.1 Å². The van der Waals surface area contributed by atoms with E-state index in [9.17, 15) is 0 Å². The summed E-state index contributed by atoms with van der Waals surface area (Å²) < 4.78 is 0. The monoisotopic (exact) mass is 291 g/mol. The molecule has 21 heavy (non-hydrogen) atoms. The molecule has 3 heteroatoms. The SMILES string of the molecule is CN(CCN1CCCC1)C1(CN)C2CC3CC(C2)CC1C3. The van der Waals surface area contributed by atoms with E-state index in [4.69, 9.17) is 5.73 Å². The minimum atomic E-state index is 0.340. The Kier molecular flexibility index (Phi) is 3.79. The number of likely N-dealkylation sites (N-methyl/N-ethyl adjacent to an activating group) is 1. The third-order valence-electron chi connectivity index (χ3n) is 7.54. The Morgan fingerprint density at radius 1 is 1.00 bits per heavy atom. The van der Waals surface area contributed by atoms with Crippen LogP contribution in [0, 0.1) is 23.7 Å². The van der Waals surface area contributed by atoms with Gasteiger partial charge in [0.05, 0.1) is 0 Å². The van der Waals surface area contributed by atoms with Crippen LogP contribution in [0.25, 0.3) is 0 Å². The third-order valence-corrected chi connectivity index (χ3v) is 7.54. The molecule has 4 bridgehead atoms. The first-order chi connectivity index (χ1) is 10.2.